The normalized spacial score (nSPS) is 14.4. The number of benzene rings is 1. The van der Waals surface area contributed by atoms with Crippen LogP contribution < -0.4 is 9.64 Å². The molecule has 5 rings (SSSR count). The number of tetrazole rings is 1. The fraction of sp³-hybridized carbons (Fsp3) is 0.417. The SMILES string of the molecule is CCCCc1cnc(N2CCC(c3nc(COc4ccc(-n5cnnn5)cc4)cs3)CC2)nc1. The van der Waals surface area contributed by atoms with Crippen molar-refractivity contribution in [2.75, 3.05) is 18.0 Å². The maximum absolute atomic E-state index is 5.93. The van der Waals surface area contributed by atoms with Crippen molar-refractivity contribution >= 4 is 17.3 Å². The number of unbranched alkanes of at least 4 members (excludes halogenated alkanes) is 1. The first-order valence-electron chi connectivity index (χ1n) is 11.7. The van der Waals surface area contributed by atoms with Gasteiger partial charge in [0.1, 0.15) is 18.7 Å². The van der Waals surface area contributed by atoms with Gasteiger partial charge in [0.15, 0.2) is 0 Å². The molecule has 0 atom stereocenters. The molecule has 3 aromatic heterocycles. The molecule has 1 fully saturated rings. The van der Waals surface area contributed by atoms with E-state index in [-0.39, 0.29) is 0 Å². The second kappa shape index (κ2) is 10.7. The highest BCUT2D eigenvalue weighted by Gasteiger charge is 2.24. The summed E-state index contributed by atoms with van der Waals surface area (Å²) in [5, 5.41) is 14.5. The van der Waals surface area contributed by atoms with Crippen LogP contribution in [0.5, 0.6) is 5.75 Å². The van der Waals surface area contributed by atoms with Crippen LogP contribution in [0.25, 0.3) is 5.69 Å². The minimum absolute atomic E-state index is 0.456. The lowest BCUT2D eigenvalue weighted by molar-refractivity contribution is 0.301. The van der Waals surface area contributed by atoms with Crippen molar-refractivity contribution in [1.82, 2.24) is 35.2 Å². The van der Waals surface area contributed by atoms with Crippen LogP contribution in [-0.2, 0) is 13.0 Å². The molecule has 34 heavy (non-hydrogen) atoms. The highest BCUT2D eigenvalue weighted by Crippen LogP contribution is 2.31. The number of aryl methyl sites for hydroxylation is 1. The number of ether oxygens (including phenoxy) is 1. The molecule has 10 heteroatoms. The maximum atomic E-state index is 5.93. The van der Waals surface area contributed by atoms with Crippen molar-refractivity contribution in [3.05, 3.63) is 64.6 Å². The average Bonchev–Trinajstić information content (AvgIpc) is 3.60. The molecule has 9 nitrogen and oxygen atoms in total. The van der Waals surface area contributed by atoms with E-state index in [1.165, 1.54) is 23.4 Å². The Morgan fingerprint density at radius 2 is 1.88 bits per heavy atom. The van der Waals surface area contributed by atoms with Gasteiger partial charge in [0.25, 0.3) is 0 Å². The number of anilines is 1. The third-order valence-corrected chi connectivity index (χ3v) is 7.10. The monoisotopic (exact) mass is 476 g/mol. The van der Waals surface area contributed by atoms with Crippen LogP contribution in [0.4, 0.5) is 5.95 Å². The molecule has 0 amide bonds. The fourth-order valence-corrected chi connectivity index (χ4v) is 5.03. The van der Waals surface area contributed by atoms with Crippen LogP contribution in [0.2, 0.25) is 0 Å². The van der Waals surface area contributed by atoms with Gasteiger partial charge in [-0.25, -0.2) is 19.6 Å². The first-order valence-corrected chi connectivity index (χ1v) is 12.6. The largest absolute Gasteiger partial charge is 0.487 e. The smallest absolute Gasteiger partial charge is 0.225 e. The predicted molar refractivity (Wildman–Crippen MR) is 130 cm³/mol. The Morgan fingerprint density at radius 3 is 2.59 bits per heavy atom. The third-order valence-electron chi connectivity index (χ3n) is 6.04. The zero-order chi connectivity index (χ0) is 23.2. The van der Waals surface area contributed by atoms with Crippen molar-refractivity contribution in [2.45, 2.75) is 51.6 Å². The van der Waals surface area contributed by atoms with E-state index < -0.39 is 0 Å². The molecule has 0 N–H and O–H groups in total. The lowest BCUT2D eigenvalue weighted by Crippen LogP contribution is -2.34. The maximum Gasteiger partial charge on any atom is 0.225 e. The highest BCUT2D eigenvalue weighted by molar-refractivity contribution is 7.09. The van der Waals surface area contributed by atoms with Gasteiger partial charge in [-0.2, -0.15) is 0 Å². The zero-order valence-corrected chi connectivity index (χ0v) is 20.1. The van der Waals surface area contributed by atoms with Crippen LogP contribution in [-0.4, -0.2) is 48.2 Å². The van der Waals surface area contributed by atoms with E-state index in [2.05, 4.69) is 42.7 Å². The molecule has 0 radical (unpaired) electrons. The summed E-state index contributed by atoms with van der Waals surface area (Å²) in [6.07, 6.45) is 11.1. The summed E-state index contributed by atoms with van der Waals surface area (Å²) in [4.78, 5) is 16.4. The minimum atomic E-state index is 0.456. The number of hydrogen-bond acceptors (Lipinski definition) is 9. The van der Waals surface area contributed by atoms with E-state index in [1.54, 1.807) is 22.3 Å². The van der Waals surface area contributed by atoms with Gasteiger partial charge in [-0.15, -0.1) is 16.4 Å². The fourth-order valence-electron chi connectivity index (χ4n) is 4.06. The van der Waals surface area contributed by atoms with Gasteiger partial charge in [0.2, 0.25) is 5.95 Å². The van der Waals surface area contributed by atoms with Gasteiger partial charge in [-0.1, -0.05) is 13.3 Å². The Hall–Kier alpha value is -3.40. The zero-order valence-electron chi connectivity index (χ0n) is 19.2. The Balaban J connectivity index is 1.11. The van der Waals surface area contributed by atoms with Gasteiger partial charge < -0.3 is 9.64 Å². The molecule has 176 valence electrons. The van der Waals surface area contributed by atoms with E-state index >= 15 is 0 Å². The third kappa shape index (κ3) is 5.39. The van der Waals surface area contributed by atoms with Crippen molar-refractivity contribution in [1.29, 1.82) is 0 Å². The Kier molecular flexibility index (Phi) is 7.04. The summed E-state index contributed by atoms with van der Waals surface area (Å²) in [5.41, 5.74) is 3.08. The average molecular weight is 477 g/mol. The summed E-state index contributed by atoms with van der Waals surface area (Å²) in [7, 11) is 0. The van der Waals surface area contributed by atoms with Crippen molar-refractivity contribution in [3.8, 4) is 11.4 Å². The van der Waals surface area contributed by atoms with Crippen molar-refractivity contribution in [2.24, 2.45) is 0 Å². The van der Waals surface area contributed by atoms with Crippen LogP contribution in [0.15, 0.2) is 48.4 Å². The Bertz CT molecular complexity index is 1150. The number of rotatable bonds is 9. The molecule has 4 aromatic rings. The molecule has 1 aliphatic heterocycles. The molecular weight excluding hydrogens is 448 g/mol. The van der Waals surface area contributed by atoms with Crippen molar-refractivity contribution in [3.63, 3.8) is 0 Å². The predicted octanol–water partition coefficient (Wildman–Crippen LogP) is 4.21. The number of nitrogens with zero attached hydrogens (tertiary/aromatic N) is 8. The van der Waals surface area contributed by atoms with Gasteiger partial charge in [-0.05, 0) is 65.9 Å². The lowest BCUT2D eigenvalue weighted by atomic mass is 9.98. The molecule has 0 unspecified atom stereocenters. The van der Waals surface area contributed by atoms with Crippen LogP contribution in [0, 0.1) is 0 Å². The standard InChI is InChI=1S/C24H28N8OS/c1-2-3-4-18-13-25-24(26-14-18)31-11-9-19(10-12-31)23-28-20(16-34-23)15-33-22-7-5-21(6-8-22)32-17-27-29-30-32/h5-8,13-14,16-17,19H,2-4,9-12,15H2,1H3. The molecule has 1 saturated heterocycles. The summed E-state index contributed by atoms with van der Waals surface area (Å²) >= 11 is 1.73. The van der Waals surface area contributed by atoms with E-state index in [0.29, 0.717) is 12.5 Å². The second-order valence-electron chi connectivity index (χ2n) is 8.47. The van der Waals surface area contributed by atoms with Crippen molar-refractivity contribution < 1.29 is 4.74 Å². The molecule has 4 heterocycles. The first kappa shape index (κ1) is 22.4. The van der Waals surface area contributed by atoms with Gasteiger partial charge in [0.05, 0.1) is 16.4 Å². The quantitative estimate of drug-likeness (QED) is 0.354. The van der Waals surface area contributed by atoms with Gasteiger partial charge in [-0.3, -0.25) is 0 Å². The van der Waals surface area contributed by atoms with Gasteiger partial charge >= 0.3 is 0 Å². The lowest BCUT2D eigenvalue weighted by Gasteiger charge is -2.31. The van der Waals surface area contributed by atoms with E-state index in [1.807, 2.05) is 36.7 Å². The van der Waals surface area contributed by atoms with Crippen LogP contribution in [0.3, 0.4) is 0 Å². The number of aromatic nitrogens is 7. The molecule has 0 spiro atoms. The second-order valence-corrected chi connectivity index (χ2v) is 9.36. The minimum Gasteiger partial charge on any atom is -0.487 e. The highest BCUT2D eigenvalue weighted by atomic mass is 32.1. The molecule has 0 saturated carbocycles. The summed E-state index contributed by atoms with van der Waals surface area (Å²) in [6.45, 7) is 4.57. The summed E-state index contributed by atoms with van der Waals surface area (Å²) in [5.74, 6) is 2.12. The molecule has 1 aromatic carbocycles. The molecule has 1 aliphatic rings. The number of piperidine rings is 1. The molecule has 0 aliphatic carbocycles. The summed E-state index contributed by atoms with van der Waals surface area (Å²) < 4.78 is 7.54. The summed E-state index contributed by atoms with van der Waals surface area (Å²) in [6, 6.07) is 7.68. The molecular formula is C24H28N8OS. The number of thiazole rings is 1. The van der Waals surface area contributed by atoms with E-state index in [0.717, 1.165) is 55.4 Å². The topological polar surface area (TPSA) is 94.7 Å². The van der Waals surface area contributed by atoms with E-state index in [4.69, 9.17) is 9.72 Å². The number of hydrogen-bond donors (Lipinski definition) is 0. The molecule has 0 bridgehead atoms. The van der Waals surface area contributed by atoms with E-state index in [9.17, 15) is 0 Å². The Labute approximate surface area is 202 Å². The van der Waals surface area contributed by atoms with Crippen LogP contribution >= 0.6 is 11.3 Å². The van der Waals surface area contributed by atoms with Crippen LogP contribution in [0.1, 0.15) is 54.8 Å². The Morgan fingerprint density at radius 1 is 1.09 bits per heavy atom. The first-order chi connectivity index (χ1) is 16.8. The van der Waals surface area contributed by atoms with Gasteiger partial charge in [0, 0.05) is 36.8 Å².